The van der Waals surface area contributed by atoms with Crippen LogP contribution in [0.3, 0.4) is 0 Å². The molecule has 6 N–H and O–H groups in total. The largest absolute Gasteiger partial charge is 4.00 e. The van der Waals surface area contributed by atoms with E-state index in [9.17, 15) is 19.2 Å². The van der Waals surface area contributed by atoms with Crippen LogP contribution in [0.2, 0.25) is 0 Å². The molecule has 0 fully saturated rings. The third-order valence-corrected chi connectivity index (χ3v) is 7.90. The number of aromatic nitrogens is 4. The van der Waals surface area contributed by atoms with E-state index in [1.807, 2.05) is 42.5 Å². The van der Waals surface area contributed by atoms with Gasteiger partial charge in [0.1, 0.15) is 0 Å². The van der Waals surface area contributed by atoms with Crippen LogP contribution in [0, 0.1) is 24.3 Å². The summed E-state index contributed by atoms with van der Waals surface area (Å²) in [7, 11) is 0. The van der Waals surface area contributed by atoms with Gasteiger partial charge in [0.05, 0.1) is 22.8 Å². The molecular weight excluding hydrogens is 816 g/mol. The summed E-state index contributed by atoms with van der Waals surface area (Å²) < 4.78 is 0. The average Bonchev–Trinajstić information content (AvgIpc) is 4.11. The van der Waals surface area contributed by atoms with Crippen LogP contribution in [-0.2, 0) is 17.1 Å². The number of rotatable bonds is 4. The van der Waals surface area contributed by atoms with Crippen LogP contribution in [0.15, 0.2) is 146 Å². The molecule has 302 valence electrons. The van der Waals surface area contributed by atoms with Crippen LogP contribution >= 0.6 is 0 Å². The fourth-order valence-corrected chi connectivity index (χ4v) is 5.06. The number of aromatic amines is 2. The molecule has 13 heteroatoms. The van der Waals surface area contributed by atoms with Crippen molar-refractivity contribution in [3.63, 3.8) is 0 Å². The summed E-state index contributed by atoms with van der Waals surface area (Å²) in [4.78, 5) is 56.8. The number of aromatic carboxylic acids is 4. The first-order chi connectivity index (χ1) is 29.0. The Hall–Kier alpha value is -8.12. The summed E-state index contributed by atoms with van der Waals surface area (Å²) >= 11 is 0. The summed E-state index contributed by atoms with van der Waals surface area (Å²) in [6.07, 6.45) is 8.05. The van der Waals surface area contributed by atoms with Gasteiger partial charge in [0.2, 0.25) is 0 Å². The molecule has 0 atom stereocenters. The van der Waals surface area contributed by atoms with E-state index < -0.39 is 23.9 Å². The second-order valence-electron chi connectivity index (χ2n) is 12.3. The zero-order chi connectivity index (χ0) is 42.7. The van der Waals surface area contributed by atoms with Crippen molar-refractivity contribution >= 4 is 70.2 Å². The number of nitrogens with one attached hydrogen (secondary N) is 2. The number of fused-ring (bicyclic) bond motifs is 8. The molecule has 61 heavy (non-hydrogen) atoms. The minimum atomic E-state index is -0.899. The van der Waals surface area contributed by atoms with E-state index in [1.165, 1.54) is 48.5 Å². The number of benzene rings is 4. The molecule has 8 bridgehead atoms. The molecule has 0 unspecified atom stereocenters. The van der Waals surface area contributed by atoms with Crippen molar-refractivity contribution in [2.24, 2.45) is 0 Å². The Bertz CT molecular complexity index is 2480. The molecule has 0 amide bonds. The number of hydrogen-bond acceptors (Lipinski definition) is 6. The SMILES string of the molecule is C1=Cc2cc3ccc(cc4ccc(cc5nc(cc1n2)C=C5)[nH]4)[nH]3.O=C(O)c1cc[c-]cc1.O=C(O)c1cc[c-]cc1.O=C(O)c1cc[c-]cc1.O=C(O)c1cc[c-]cc1.[Fe+4]. The Morgan fingerprint density at radius 1 is 0.361 bits per heavy atom. The van der Waals surface area contributed by atoms with Gasteiger partial charge < -0.3 is 30.4 Å². The maximum absolute atomic E-state index is 10.2. The number of carbonyl (C=O) groups is 4. The fourth-order valence-electron chi connectivity index (χ4n) is 5.06. The van der Waals surface area contributed by atoms with Gasteiger partial charge in [-0.3, -0.25) is 0 Å². The summed E-state index contributed by atoms with van der Waals surface area (Å²) in [5, 5.41) is 33.5. The molecule has 2 aliphatic heterocycles. The molecule has 9 rings (SSSR count). The summed E-state index contributed by atoms with van der Waals surface area (Å²) in [5.41, 5.74) is 9.06. The first-order valence-corrected chi connectivity index (χ1v) is 17.8. The Morgan fingerprint density at radius 3 is 0.820 bits per heavy atom. The zero-order valence-electron chi connectivity index (χ0n) is 31.8. The molecule has 12 nitrogen and oxygen atoms in total. The maximum atomic E-state index is 10.2. The molecule has 7 aromatic rings. The van der Waals surface area contributed by atoms with Gasteiger partial charge in [0, 0.05) is 22.1 Å². The van der Waals surface area contributed by atoms with Gasteiger partial charge in [-0.2, -0.15) is 121 Å². The van der Waals surface area contributed by atoms with Gasteiger partial charge in [-0.05, 0) is 95.1 Å². The Morgan fingerprint density at radius 2 is 0.590 bits per heavy atom. The second kappa shape index (κ2) is 23.3. The zero-order valence-corrected chi connectivity index (χ0v) is 32.9. The van der Waals surface area contributed by atoms with Crippen molar-refractivity contribution in [3.8, 4) is 0 Å². The first-order valence-electron chi connectivity index (χ1n) is 17.8. The van der Waals surface area contributed by atoms with Gasteiger partial charge in [-0.25, -0.2) is 29.1 Å². The molecule has 3 aromatic heterocycles. The van der Waals surface area contributed by atoms with Gasteiger partial charge in [-0.1, -0.05) is 0 Å². The summed E-state index contributed by atoms with van der Waals surface area (Å²) in [6, 6.07) is 51.9. The van der Waals surface area contributed by atoms with Crippen molar-refractivity contribution in [1.29, 1.82) is 0 Å². The number of H-pyrrole nitrogens is 2. The molecule has 2 aliphatic rings. The van der Waals surface area contributed by atoms with Gasteiger partial charge in [0.15, 0.2) is 0 Å². The quantitative estimate of drug-likeness (QED) is 0.0731. The van der Waals surface area contributed by atoms with E-state index in [1.54, 1.807) is 48.5 Å². The van der Waals surface area contributed by atoms with Crippen LogP contribution in [0.4, 0.5) is 0 Å². The van der Waals surface area contributed by atoms with E-state index in [0.29, 0.717) is 22.3 Å². The summed E-state index contributed by atoms with van der Waals surface area (Å²) in [6.45, 7) is 0. The van der Waals surface area contributed by atoms with Crippen LogP contribution in [0.1, 0.15) is 64.2 Å². The minimum Gasteiger partial charge on any atom is -0.479 e. The van der Waals surface area contributed by atoms with Gasteiger partial charge in [0.25, 0.3) is 0 Å². The third-order valence-electron chi connectivity index (χ3n) is 7.90. The molecule has 0 spiro atoms. The van der Waals surface area contributed by atoms with Crippen molar-refractivity contribution in [2.45, 2.75) is 0 Å². The van der Waals surface area contributed by atoms with E-state index in [4.69, 9.17) is 20.4 Å². The van der Waals surface area contributed by atoms with E-state index >= 15 is 0 Å². The molecule has 0 saturated heterocycles. The predicted molar refractivity (Wildman–Crippen MR) is 228 cm³/mol. The molecule has 0 aliphatic carbocycles. The van der Waals surface area contributed by atoms with Crippen molar-refractivity contribution in [1.82, 2.24) is 19.9 Å². The second-order valence-corrected chi connectivity index (χ2v) is 12.3. The normalized spacial score (nSPS) is 10.2. The predicted octanol–water partition coefficient (Wildman–Crippen LogP) is 9.39. The van der Waals surface area contributed by atoms with E-state index in [0.717, 1.165) is 44.8 Å². The molecule has 5 heterocycles. The fraction of sp³-hybridized carbons (Fsp3) is 0. The Kier molecular flexibility index (Phi) is 17.4. The number of carboxylic acid groups (broad SMARTS) is 4. The first kappa shape index (κ1) is 45.6. The monoisotopic (exact) mass is 850 g/mol. The number of carboxylic acids is 4. The maximum Gasteiger partial charge on any atom is 4.00 e. The molecule has 0 saturated carbocycles. The Labute approximate surface area is 360 Å². The van der Waals surface area contributed by atoms with Crippen molar-refractivity contribution in [3.05, 3.63) is 215 Å². The minimum absolute atomic E-state index is 0. The Balaban J connectivity index is 0.000000185. The molecular formula is C48H34FeN4O8. The number of nitrogens with zero attached hydrogens (tertiary/aromatic N) is 2. The van der Waals surface area contributed by atoms with E-state index in [2.05, 4.69) is 74.5 Å². The third kappa shape index (κ3) is 15.3. The van der Waals surface area contributed by atoms with Crippen LogP contribution in [0.5, 0.6) is 0 Å². The average molecular weight is 851 g/mol. The smallest absolute Gasteiger partial charge is 0.479 e. The summed E-state index contributed by atoms with van der Waals surface area (Å²) in [5.74, 6) is -3.60. The number of hydrogen-bond donors (Lipinski definition) is 6. The van der Waals surface area contributed by atoms with Crippen LogP contribution in [0.25, 0.3) is 46.4 Å². The van der Waals surface area contributed by atoms with E-state index in [-0.39, 0.29) is 17.1 Å². The molecule has 4 aromatic carbocycles. The van der Waals surface area contributed by atoms with Crippen LogP contribution in [-0.4, -0.2) is 64.2 Å². The van der Waals surface area contributed by atoms with Gasteiger partial charge >= 0.3 is 40.9 Å². The van der Waals surface area contributed by atoms with Crippen molar-refractivity contribution < 1.29 is 56.7 Å². The standard InChI is InChI=1S/C20H14N4.4C7H5O2.Fe/c1-2-14-10-16-5-6-18(23-16)12-20-8-7-19(24-20)11-17-4-3-15(22-17)9-13(1)21-14;4*8-7(9)6-4-2-1-3-5-6;/h1-12,21-22H;4*2-5H,(H,8,9);/q;4*-1;+4. The molecule has 0 radical (unpaired) electrons. The topological polar surface area (TPSA) is 207 Å². The van der Waals surface area contributed by atoms with Gasteiger partial charge in [-0.15, -0.1) is 0 Å². The van der Waals surface area contributed by atoms with Crippen LogP contribution < -0.4 is 0 Å². The van der Waals surface area contributed by atoms with Crippen molar-refractivity contribution in [2.75, 3.05) is 0 Å².